The predicted octanol–water partition coefficient (Wildman–Crippen LogP) is 6.85. The molecule has 0 saturated carbocycles. The van der Waals surface area contributed by atoms with Crippen LogP contribution in [0.1, 0.15) is 27.0 Å². The number of carbonyl (C=O) groups is 1. The van der Waals surface area contributed by atoms with E-state index in [1.807, 2.05) is 43.5 Å². The van der Waals surface area contributed by atoms with Crippen LogP contribution in [0.25, 0.3) is 21.5 Å². The van der Waals surface area contributed by atoms with E-state index in [1.54, 1.807) is 6.07 Å². The van der Waals surface area contributed by atoms with E-state index in [4.69, 9.17) is 4.98 Å². The monoisotopic (exact) mass is 426 g/mol. The molecule has 2 aromatic carbocycles. The molecule has 0 aliphatic rings. The van der Waals surface area contributed by atoms with Gasteiger partial charge in [0.05, 0.1) is 32.9 Å². The van der Waals surface area contributed by atoms with Crippen LogP contribution in [-0.2, 0) is 6.18 Å². The molecule has 7 heteroatoms. The number of hydrogen-bond acceptors (Lipinski definition) is 3. The van der Waals surface area contributed by atoms with Crippen molar-refractivity contribution in [2.45, 2.75) is 20.0 Å². The van der Waals surface area contributed by atoms with Gasteiger partial charge in [-0.25, -0.2) is 4.98 Å². The fourth-order valence-electron chi connectivity index (χ4n) is 3.45. The molecule has 152 valence electrons. The number of carbonyl (C=O) groups excluding carboxylic acids is 1. The Bertz CT molecular complexity index is 1250. The number of nitrogens with zero attached hydrogens (tertiary/aromatic N) is 1. The minimum Gasteiger partial charge on any atom is -0.321 e. The highest BCUT2D eigenvalue weighted by Gasteiger charge is 2.33. The first-order chi connectivity index (χ1) is 14.2. The van der Waals surface area contributed by atoms with E-state index in [0.29, 0.717) is 16.6 Å². The van der Waals surface area contributed by atoms with Gasteiger partial charge >= 0.3 is 6.18 Å². The predicted molar refractivity (Wildman–Crippen MR) is 114 cm³/mol. The van der Waals surface area contributed by atoms with E-state index >= 15 is 0 Å². The molecule has 3 nitrogen and oxygen atoms in total. The highest BCUT2D eigenvalue weighted by atomic mass is 32.1. The number of aromatic nitrogens is 1. The van der Waals surface area contributed by atoms with Crippen LogP contribution in [0, 0.1) is 13.8 Å². The van der Waals surface area contributed by atoms with Crippen molar-refractivity contribution >= 4 is 33.8 Å². The maximum absolute atomic E-state index is 13.4. The lowest BCUT2D eigenvalue weighted by atomic mass is 10.0. The molecule has 0 saturated heterocycles. The van der Waals surface area contributed by atoms with Crippen molar-refractivity contribution in [2.24, 2.45) is 0 Å². The Morgan fingerprint density at radius 1 is 1.03 bits per heavy atom. The van der Waals surface area contributed by atoms with E-state index < -0.39 is 17.6 Å². The highest BCUT2D eigenvalue weighted by molar-refractivity contribution is 7.13. The lowest BCUT2D eigenvalue weighted by Crippen LogP contribution is -2.17. The maximum atomic E-state index is 13.4. The normalized spacial score (nSPS) is 11.6. The fourth-order valence-corrected chi connectivity index (χ4v) is 4.13. The fraction of sp³-hybridized carbons (Fsp3) is 0.130. The van der Waals surface area contributed by atoms with Gasteiger partial charge in [-0.1, -0.05) is 29.8 Å². The quantitative estimate of drug-likeness (QED) is 0.389. The molecule has 0 spiro atoms. The van der Waals surface area contributed by atoms with Crippen LogP contribution in [0.15, 0.2) is 60.0 Å². The van der Waals surface area contributed by atoms with Crippen molar-refractivity contribution in [3.8, 4) is 10.6 Å². The van der Waals surface area contributed by atoms with Crippen molar-refractivity contribution in [1.29, 1.82) is 0 Å². The number of alkyl halides is 3. The molecule has 4 rings (SSSR count). The largest absolute Gasteiger partial charge is 0.418 e. The molecule has 0 aliphatic carbocycles. The van der Waals surface area contributed by atoms with Gasteiger partial charge in [0.2, 0.25) is 0 Å². The van der Waals surface area contributed by atoms with Crippen LogP contribution in [0.3, 0.4) is 0 Å². The number of para-hydroxylation sites is 1. The molecule has 0 radical (unpaired) electrons. The summed E-state index contributed by atoms with van der Waals surface area (Å²) in [5.41, 5.74) is 2.22. The molecule has 2 aromatic heterocycles. The Hall–Kier alpha value is -3.19. The molecule has 0 fully saturated rings. The smallest absolute Gasteiger partial charge is 0.321 e. The van der Waals surface area contributed by atoms with Crippen LogP contribution < -0.4 is 5.32 Å². The second-order valence-electron chi connectivity index (χ2n) is 7.01. The second kappa shape index (κ2) is 7.57. The van der Waals surface area contributed by atoms with Gasteiger partial charge in [0.25, 0.3) is 5.91 Å². The molecule has 30 heavy (non-hydrogen) atoms. The Kier molecular flexibility index (Phi) is 5.07. The first-order valence-corrected chi connectivity index (χ1v) is 10.1. The Balaban J connectivity index is 1.87. The molecule has 0 aliphatic heterocycles. The summed E-state index contributed by atoms with van der Waals surface area (Å²) in [4.78, 5) is 18.7. The van der Waals surface area contributed by atoms with E-state index in [1.165, 1.54) is 29.5 Å². The third kappa shape index (κ3) is 3.80. The summed E-state index contributed by atoms with van der Waals surface area (Å²) in [6, 6.07) is 14.2. The molecule has 0 unspecified atom stereocenters. The number of benzene rings is 2. The summed E-state index contributed by atoms with van der Waals surface area (Å²) in [5, 5.41) is 4.97. The van der Waals surface area contributed by atoms with Gasteiger partial charge in [-0.3, -0.25) is 4.79 Å². The number of halogens is 3. The van der Waals surface area contributed by atoms with Crippen LogP contribution in [-0.4, -0.2) is 10.9 Å². The molecular formula is C23H17F3N2OS. The Labute approximate surface area is 175 Å². The average Bonchev–Trinajstić information content (AvgIpc) is 3.21. The van der Waals surface area contributed by atoms with Gasteiger partial charge in [-0.15, -0.1) is 11.3 Å². The summed E-state index contributed by atoms with van der Waals surface area (Å²) in [7, 11) is 0. The van der Waals surface area contributed by atoms with E-state index in [9.17, 15) is 18.0 Å². The number of pyridine rings is 1. The van der Waals surface area contributed by atoms with Crippen LogP contribution in [0.4, 0.5) is 18.9 Å². The Morgan fingerprint density at radius 3 is 2.50 bits per heavy atom. The first kappa shape index (κ1) is 20.1. The van der Waals surface area contributed by atoms with Gasteiger partial charge in [0.1, 0.15) is 0 Å². The molecule has 0 bridgehead atoms. The summed E-state index contributed by atoms with van der Waals surface area (Å²) in [6.07, 6.45) is -4.57. The van der Waals surface area contributed by atoms with Gasteiger partial charge in [0, 0.05) is 5.39 Å². The lowest BCUT2D eigenvalue weighted by Gasteiger charge is -2.15. The molecule has 1 N–H and O–H groups in total. The van der Waals surface area contributed by atoms with Crippen molar-refractivity contribution in [2.75, 3.05) is 5.32 Å². The number of hydrogen-bond donors (Lipinski definition) is 1. The zero-order valence-electron chi connectivity index (χ0n) is 16.2. The molecule has 4 aromatic rings. The highest BCUT2D eigenvalue weighted by Crippen LogP contribution is 2.35. The van der Waals surface area contributed by atoms with Crippen LogP contribution in [0.2, 0.25) is 0 Å². The molecular weight excluding hydrogens is 409 g/mol. The molecule has 2 heterocycles. The zero-order chi connectivity index (χ0) is 21.5. The number of amides is 1. The van der Waals surface area contributed by atoms with Crippen molar-refractivity contribution < 1.29 is 18.0 Å². The van der Waals surface area contributed by atoms with E-state index in [2.05, 4.69) is 5.32 Å². The SMILES string of the molecule is Cc1cc(C)c2nc(-c3cccs3)cc(C(=O)Nc3ccccc3C(F)(F)F)c2c1. The van der Waals surface area contributed by atoms with E-state index in [-0.39, 0.29) is 11.3 Å². The average molecular weight is 426 g/mol. The zero-order valence-corrected chi connectivity index (χ0v) is 17.0. The minimum absolute atomic E-state index is 0.276. The number of aryl methyl sites for hydroxylation is 2. The summed E-state index contributed by atoms with van der Waals surface area (Å²) in [5.74, 6) is -0.609. The van der Waals surface area contributed by atoms with Gasteiger partial charge in [-0.2, -0.15) is 13.2 Å². The Morgan fingerprint density at radius 2 is 1.80 bits per heavy atom. The van der Waals surface area contributed by atoms with Crippen molar-refractivity contribution in [1.82, 2.24) is 4.98 Å². The number of nitrogens with one attached hydrogen (secondary N) is 1. The third-order valence-corrected chi connectivity index (χ3v) is 5.64. The first-order valence-electron chi connectivity index (χ1n) is 9.17. The topological polar surface area (TPSA) is 42.0 Å². The maximum Gasteiger partial charge on any atom is 0.418 e. The van der Waals surface area contributed by atoms with Crippen molar-refractivity contribution in [3.63, 3.8) is 0 Å². The number of anilines is 1. The van der Waals surface area contributed by atoms with Gasteiger partial charge in [-0.05, 0) is 55.1 Å². The number of fused-ring (bicyclic) bond motifs is 1. The van der Waals surface area contributed by atoms with E-state index in [0.717, 1.165) is 22.1 Å². The summed E-state index contributed by atoms with van der Waals surface area (Å²) < 4.78 is 40.1. The third-order valence-electron chi connectivity index (χ3n) is 4.75. The van der Waals surface area contributed by atoms with Crippen LogP contribution in [0.5, 0.6) is 0 Å². The molecule has 0 atom stereocenters. The summed E-state index contributed by atoms with van der Waals surface area (Å²) >= 11 is 1.48. The van der Waals surface area contributed by atoms with Gasteiger partial charge in [0.15, 0.2) is 0 Å². The van der Waals surface area contributed by atoms with Crippen molar-refractivity contribution in [3.05, 3.63) is 82.2 Å². The standard InChI is InChI=1S/C23H17F3N2OS/c1-13-10-14(2)21-15(11-13)16(12-19(27-21)20-8-5-9-30-20)22(29)28-18-7-4-3-6-17(18)23(24,25)26/h3-12H,1-2H3,(H,28,29). The molecule has 1 amide bonds. The second-order valence-corrected chi connectivity index (χ2v) is 7.96. The summed E-state index contributed by atoms with van der Waals surface area (Å²) in [6.45, 7) is 3.81. The number of rotatable bonds is 3. The number of thiophene rings is 1. The lowest BCUT2D eigenvalue weighted by molar-refractivity contribution is -0.136. The minimum atomic E-state index is -4.57. The van der Waals surface area contributed by atoms with Crippen LogP contribution >= 0.6 is 11.3 Å². The van der Waals surface area contributed by atoms with Gasteiger partial charge < -0.3 is 5.32 Å².